The molecule has 0 amide bonds. The number of hydrogen-bond donors (Lipinski definition) is 0. The van der Waals surface area contributed by atoms with Gasteiger partial charge in [0.1, 0.15) is 18.5 Å². The van der Waals surface area contributed by atoms with Crippen molar-refractivity contribution in [3.63, 3.8) is 0 Å². The number of carbonyl (C=O) groups excluding carboxylic acids is 1. The summed E-state index contributed by atoms with van der Waals surface area (Å²) in [7, 11) is -3.55. The fraction of sp³-hybridized carbons (Fsp3) is 0.348. The zero-order chi connectivity index (χ0) is 23.6. The number of carbonyl (C=O) groups is 1. The number of hydrogen-bond acceptors (Lipinski definition) is 6. The SMILES string of the molecule is CCCS(=O)(=O)N1CCC[C@@H]1C(=O)OCc1nc2ccccc2c(=O)n1-c1ccc(F)cc1. The van der Waals surface area contributed by atoms with E-state index >= 15 is 0 Å². The Labute approximate surface area is 190 Å². The summed E-state index contributed by atoms with van der Waals surface area (Å²) in [6, 6.07) is 11.2. The molecule has 0 unspecified atom stereocenters. The molecule has 174 valence electrons. The summed E-state index contributed by atoms with van der Waals surface area (Å²) in [5.41, 5.74) is 0.421. The van der Waals surface area contributed by atoms with Crippen LogP contribution in [0.2, 0.25) is 0 Å². The Balaban J connectivity index is 1.66. The average Bonchev–Trinajstić information content (AvgIpc) is 3.30. The van der Waals surface area contributed by atoms with Crippen LogP contribution in [0.1, 0.15) is 32.0 Å². The van der Waals surface area contributed by atoms with Crippen LogP contribution in [0.25, 0.3) is 16.6 Å². The summed E-state index contributed by atoms with van der Waals surface area (Å²) in [6.45, 7) is 1.70. The van der Waals surface area contributed by atoms with Gasteiger partial charge in [0.2, 0.25) is 10.0 Å². The predicted octanol–water partition coefficient (Wildman–Crippen LogP) is 2.77. The van der Waals surface area contributed by atoms with Gasteiger partial charge in [-0.1, -0.05) is 19.1 Å². The summed E-state index contributed by atoms with van der Waals surface area (Å²) in [4.78, 5) is 30.5. The quantitative estimate of drug-likeness (QED) is 0.490. The molecular weight excluding hydrogens is 449 g/mol. The van der Waals surface area contributed by atoms with Gasteiger partial charge in [0, 0.05) is 6.54 Å². The summed E-state index contributed by atoms with van der Waals surface area (Å²) in [6.07, 6.45) is 1.39. The van der Waals surface area contributed by atoms with Crippen molar-refractivity contribution in [2.45, 2.75) is 38.8 Å². The molecule has 10 heteroatoms. The number of benzene rings is 2. The molecular formula is C23H24FN3O5S. The van der Waals surface area contributed by atoms with Crippen molar-refractivity contribution in [1.82, 2.24) is 13.9 Å². The number of para-hydroxylation sites is 1. The van der Waals surface area contributed by atoms with Crippen molar-refractivity contribution in [3.8, 4) is 5.69 Å². The zero-order valence-electron chi connectivity index (χ0n) is 18.1. The second-order valence-electron chi connectivity index (χ2n) is 7.85. The third-order valence-electron chi connectivity index (χ3n) is 5.57. The number of rotatable bonds is 7. The minimum atomic E-state index is -3.55. The standard InChI is InChI=1S/C23H24FN3O5S/c1-2-14-33(30,31)26-13-5-8-20(26)23(29)32-15-21-25-19-7-4-3-6-18(19)22(28)27(21)17-11-9-16(24)10-12-17/h3-4,6-7,9-12,20H,2,5,8,13-15H2,1H3/t20-/m1/s1. The highest BCUT2D eigenvalue weighted by atomic mass is 32.2. The predicted molar refractivity (Wildman–Crippen MR) is 121 cm³/mol. The van der Waals surface area contributed by atoms with E-state index in [1.807, 2.05) is 0 Å². The molecule has 1 fully saturated rings. The molecule has 1 aliphatic rings. The molecule has 0 N–H and O–H groups in total. The first kappa shape index (κ1) is 23.1. The maximum atomic E-state index is 13.4. The van der Waals surface area contributed by atoms with Crippen molar-refractivity contribution in [3.05, 3.63) is 70.5 Å². The van der Waals surface area contributed by atoms with E-state index in [1.165, 1.54) is 33.1 Å². The number of fused-ring (bicyclic) bond motifs is 1. The Morgan fingerprint density at radius 2 is 1.91 bits per heavy atom. The van der Waals surface area contributed by atoms with E-state index in [2.05, 4.69) is 4.98 Å². The maximum Gasteiger partial charge on any atom is 0.324 e. The molecule has 1 aliphatic heterocycles. The first-order valence-electron chi connectivity index (χ1n) is 10.7. The Morgan fingerprint density at radius 3 is 2.64 bits per heavy atom. The lowest BCUT2D eigenvalue weighted by molar-refractivity contribution is -0.149. The van der Waals surface area contributed by atoms with Crippen LogP contribution < -0.4 is 5.56 Å². The van der Waals surface area contributed by atoms with Gasteiger partial charge in [-0.15, -0.1) is 0 Å². The minimum Gasteiger partial charge on any atom is -0.456 e. The molecule has 8 nitrogen and oxygen atoms in total. The molecule has 0 spiro atoms. The number of ether oxygens (including phenoxy) is 1. The summed E-state index contributed by atoms with van der Waals surface area (Å²) < 4.78 is 46.4. The normalized spacial score (nSPS) is 16.8. The summed E-state index contributed by atoms with van der Waals surface area (Å²) >= 11 is 0. The molecule has 1 saturated heterocycles. The van der Waals surface area contributed by atoms with Crippen molar-refractivity contribution < 1.29 is 22.3 Å². The van der Waals surface area contributed by atoms with Gasteiger partial charge in [0.15, 0.2) is 5.82 Å². The molecule has 0 bridgehead atoms. The van der Waals surface area contributed by atoms with Crippen molar-refractivity contribution in [2.24, 2.45) is 0 Å². The van der Waals surface area contributed by atoms with Crippen LogP contribution >= 0.6 is 0 Å². The van der Waals surface area contributed by atoms with Gasteiger partial charge in [-0.25, -0.2) is 17.8 Å². The van der Waals surface area contributed by atoms with Gasteiger partial charge in [-0.2, -0.15) is 4.31 Å². The van der Waals surface area contributed by atoms with Crippen LogP contribution in [0.15, 0.2) is 53.3 Å². The Kier molecular flexibility index (Phi) is 6.57. The van der Waals surface area contributed by atoms with Crippen LogP contribution in [-0.4, -0.2) is 46.6 Å². The van der Waals surface area contributed by atoms with Gasteiger partial charge < -0.3 is 4.74 Å². The van der Waals surface area contributed by atoms with E-state index in [1.54, 1.807) is 31.2 Å². The zero-order valence-corrected chi connectivity index (χ0v) is 18.9. The molecule has 4 rings (SSSR count). The van der Waals surface area contributed by atoms with E-state index < -0.39 is 27.9 Å². The second-order valence-corrected chi connectivity index (χ2v) is 9.90. The molecule has 2 heterocycles. The largest absolute Gasteiger partial charge is 0.456 e. The van der Waals surface area contributed by atoms with Crippen LogP contribution in [0.3, 0.4) is 0 Å². The van der Waals surface area contributed by atoms with E-state index in [4.69, 9.17) is 4.74 Å². The molecule has 1 atom stereocenters. The average molecular weight is 474 g/mol. The second kappa shape index (κ2) is 9.40. The molecule has 0 saturated carbocycles. The highest BCUT2D eigenvalue weighted by Gasteiger charge is 2.39. The number of sulfonamides is 1. The lowest BCUT2D eigenvalue weighted by Crippen LogP contribution is -2.42. The maximum absolute atomic E-state index is 13.4. The number of esters is 1. The van der Waals surface area contributed by atoms with E-state index in [0.717, 1.165) is 0 Å². The molecule has 3 aromatic rings. The van der Waals surface area contributed by atoms with E-state index in [0.29, 0.717) is 35.9 Å². The van der Waals surface area contributed by atoms with E-state index in [9.17, 15) is 22.4 Å². The lowest BCUT2D eigenvalue weighted by atomic mass is 10.2. The van der Waals surface area contributed by atoms with Crippen LogP contribution in [0.4, 0.5) is 4.39 Å². The van der Waals surface area contributed by atoms with Gasteiger partial charge in [-0.05, 0) is 55.7 Å². The summed E-state index contributed by atoms with van der Waals surface area (Å²) in [5.74, 6) is -1.02. The first-order valence-corrected chi connectivity index (χ1v) is 12.4. The summed E-state index contributed by atoms with van der Waals surface area (Å²) in [5, 5.41) is 0.365. The first-order chi connectivity index (χ1) is 15.8. The Hall–Kier alpha value is -3.11. The molecule has 0 radical (unpaired) electrons. The third kappa shape index (κ3) is 4.67. The van der Waals surface area contributed by atoms with Crippen LogP contribution in [0.5, 0.6) is 0 Å². The van der Waals surface area contributed by atoms with Crippen LogP contribution in [-0.2, 0) is 26.2 Å². The van der Waals surface area contributed by atoms with Crippen molar-refractivity contribution in [1.29, 1.82) is 0 Å². The van der Waals surface area contributed by atoms with Crippen molar-refractivity contribution in [2.75, 3.05) is 12.3 Å². The Bertz CT molecular complexity index is 1340. The number of halogens is 1. The smallest absolute Gasteiger partial charge is 0.324 e. The molecule has 0 aliphatic carbocycles. The Morgan fingerprint density at radius 1 is 1.18 bits per heavy atom. The monoisotopic (exact) mass is 473 g/mol. The van der Waals surface area contributed by atoms with Gasteiger partial charge in [-0.3, -0.25) is 14.2 Å². The van der Waals surface area contributed by atoms with Gasteiger partial charge in [0.05, 0.1) is 22.3 Å². The number of aromatic nitrogens is 2. The van der Waals surface area contributed by atoms with Gasteiger partial charge in [0.25, 0.3) is 5.56 Å². The van der Waals surface area contributed by atoms with Gasteiger partial charge >= 0.3 is 5.97 Å². The van der Waals surface area contributed by atoms with E-state index in [-0.39, 0.29) is 30.3 Å². The lowest BCUT2D eigenvalue weighted by Gasteiger charge is -2.22. The fourth-order valence-electron chi connectivity index (χ4n) is 4.05. The molecule has 33 heavy (non-hydrogen) atoms. The molecule has 1 aromatic heterocycles. The van der Waals surface area contributed by atoms with Crippen molar-refractivity contribution >= 4 is 26.9 Å². The fourth-order valence-corrected chi connectivity index (χ4v) is 5.78. The highest BCUT2D eigenvalue weighted by molar-refractivity contribution is 7.89. The third-order valence-corrected chi connectivity index (χ3v) is 7.64. The number of nitrogens with zero attached hydrogens (tertiary/aromatic N) is 3. The molecule has 2 aromatic carbocycles. The van der Waals surface area contributed by atoms with Crippen LogP contribution in [0, 0.1) is 5.82 Å². The minimum absolute atomic E-state index is 0.0346. The highest BCUT2D eigenvalue weighted by Crippen LogP contribution is 2.23. The topological polar surface area (TPSA) is 98.6 Å².